The second kappa shape index (κ2) is 13.2. The van der Waals surface area contributed by atoms with Crippen LogP contribution in [0.15, 0.2) is 53.5 Å². The summed E-state index contributed by atoms with van der Waals surface area (Å²) in [7, 11) is 1.75. The van der Waals surface area contributed by atoms with Crippen LogP contribution >= 0.6 is 24.0 Å². The van der Waals surface area contributed by atoms with Gasteiger partial charge in [0.15, 0.2) is 5.96 Å². The molecule has 1 saturated carbocycles. The molecule has 2 aromatic carbocycles. The molecule has 7 heteroatoms. The fourth-order valence-corrected chi connectivity index (χ4v) is 3.03. The highest BCUT2D eigenvalue weighted by Gasteiger charge is 2.22. The van der Waals surface area contributed by atoms with Crippen LogP contribution in [0.2, 0.25) is 0 Å². The van der Waals surface area contributed by atoms with Gasteiger partial charge in [0.05, 0.1) is 6.61 Å². The summed E-state index contributed by atoms with van der Waals surface area (Å²) in [6.07, 6.45) is 3.47. The Morgan fingerprint density at radius 1 is 1.06 bits per heavy atom. The van der Waals surface area contributed by atoms with E-state index in [0.29, 0.717) is 31.2 Å². The smallest absolute Gasteiger partial charge is 0.251 e. The molecule has 0 radical (unpaired) electrons. The number of rotatable bonds is 10. The van der Waals surface area contributed by atoms with E-state index in [-0.39, 0.29) is 29.9 Å². The van der Waals surface area contributed by atoms with Crippen LogP contribution in [0.4, 0.5) is 0 Å². The van der Waals surface area contributed by atoms with Gasteiger partial charge in [0.2, 0.25) is 0 Å². The molecule has 1 aliphatic carbocycles. The number of carbonyl (C=O) groups excluding carboxylic acids is 1. The summed E-state index contributed by atoms with van der Waals surface area (Å²) in [5.41, 5.74) is 2.80. The Hall–Kier alpha value is -2.29. The lowest BCUT2D eigenvalue weighted by Gasteiger charge is -2.15. The van der Waals surface area contributed by atoms with Gasteiger partial charge in [-0.05, 0) is 48.9 Å². The van der Waals surface area contributed by atoms with Crippen molar-refractivity contribution in [3.63, 3.8) is 0 Å². The molecule has 0 unspecified atom stereocenters. The summed E-state index contributed by atoms with van der Waals surface area (Å²) in [4.78, 5) is 16.5. The highest BCUT2D eigenvalue weighted by molar-refractivity contribution is 14.0. The number of ether oxygens (including phenoxy) is 1. The maximum Gasteiger partial charge on any atom is 0.251 e. The number of nitrogens with zero attached hydrogens (tertiary/aromatic N) is 1. The monoisotopic (exact) mass is 536 g/mol. The number of nitrogens with one attached hydrogen (secondary N) is 3. The van der Waals surface area contributed by atoms with E-state index in [1.807, 2.05) is 49.4 Å². The van der Waals surface area contributed by atoms with Gasteiger partial charge in [-0.15, -0.1) is 24.0 Å². The molecule has 1 aliphatic rings. The van der Waals surface area contributed by atoms with E-state index in [4.69, 9.17) is 4.74 Å². The number of halogens is 1. The zero-order chi connectivity index (χ0) is 21.2. The van der Waals surface area contributed by atoms with Gasteiger partial charge < -0.3 is 20.7 Å². The van der Waals surface area contributed by atoms with E-state index in [2.05, 4.69) is 27.0 Å². The third-order valence-electron chi connectivity index (χ3n) is 5.00. The molecule has 1 amide bonds. The van der Waals surface area contributed by atoms with Gasteiger partial charge in [0.1, 0.15) is 5.75 Å². The van der Waals surface area contributed by atoms with Crippen LogP contribution in [0.3, 0.4) is 0 Å². The van der Waals surface area contributed by atoms with Crippen molar-refractivity contribution in [1.29, 1.82) is 0 Å². The van der Waals surface area contributed by atoms with Crippen molar-refractivity contribution < 1.29 is 9.53 Å². The Bertz CT molecular complexity index is 868. The lowest BCUT2D eigenvalue weighted by molar-refractivity contribution is 0.0953. The number of benzene rings is 2. The minimum Gasteiger partial charge on any atom is -0.493 e. The lowest BCUT2D eigenvalue weighted by Crippen LogP contribution is -2.36. The van der Waals surface area contributed by atoms with Crippen LogP contribution in [0.1, 0.15) is 47.7 Å². The van der Waals surface area contributed by atoms with Crippen molar-refractivity contribution in [2.45, 2.75) is 39.3 Å². The minimum absolute atomic E-state index is 0. The number of aliphatic imine (C=N–C) groups is 1. The number of carbonyl (C=O) groups is 1. The van der Waals surface area contributed by atoms with Crippen molar-refractivity contribution in [2.75, 3.05) is 20.2 Å². The summed E-state index contributed by atoms with van der Waals surface area (Å²) in [5.74, 6) is 2.32. The van der Waals surface area contributed by atoms with Crippen LogP contribution in [0.5, 0.6) is 5.75 Å². The molecular weight excluding hydrogens is 503 g/mol. The fourth-order valence-electron chi connectivity index (χ4n) is 3.03. The second-order valence-electron chi connectivity index (χ2n) is 7.60. The third-order valence-corrected chi connectivity index (χ3v) is 5.00. The highest BCUT2D eigenvalue weighted by Crippen LogP contribution is 2.30. The Morgan fingerprint density at radius 3 is 2.58 bits per heavy atom. The predicted octanol–water partition coefficient (Wildman–Crippen LogP) is 4.10. The quantitative estimate of drug-likeness (QED) is 0.243. The van der Waals surface area contributed by atoms with Crippen LogP contribution in [0, 0.1) is 5.92 Å². The standard InChI is InChI=1S/C24H32N4O2.HI/c1-3-13-26-23(29)20-9-6-7-19(14-20)15-27-24(25-2)28-16-21-8-4-5-10-22(21)30-17-18-11-12-18;/h4-10,14,18H,3,11-13,15-17H2,1-2H3,(H,26,29)(H2,25,27,28);1H. The summed E-state index contributed by atoms with van der Waals surface area (Å²) >= 11 is 0. The van der Waals surface area contributed by atoms with Crippen molar-refractivity contribution >= 4 is 35.8 Å². The van der Waals surface area contributed by atoms with Gasteiger partial charge in [-0.3, -0.25) is 9.79 Å². The zero-order valence-electron chi connectivity index (χ0n) is 18.3. The van der Waals surface area contributed by atoms with E-state index in [0.717, 1.165) is 35.8 Å². The highest BCUT2D eigenvalue weighted by atomic mass is 127. The van der Waals surface area contributed by atoms with Crippen LogP contribution < -0.4 is 20.7 Å². The molecule has 3 N–H and O–H groups in total. The lowest BCUT2D eigenvalue weighted by atomic mass is 10.1. The third kappa shape index (κ3) is 8.40. The van der Waals surface area contributed by atoms with Gasteiger partial charge in [-0.1, -0.05) is 37.3 Å². The molecule has 2 aromatic rings. The average molecular weight is 536 g/mol. The van der Waals surface area contributed by atoms with Crippen molar-refractivity contribution in [2.24, 2.45) is 10.9 Å². The Balaban J connectivity index is 0.00000341. The van der Waals surface area contributed by atoms with Crippen molar-refractivity contribution in [3.8, 4) is 5.75 Å². The maximum atomic E-state index is 12.2. The molecule has 0 heterocycles. The van der Waals surface area contributed by atoms with Gasteiger partial charge in [0, 0.05) is 37.8 Å². The number of amides is 1. The molecule has 0 aliphatic heterocycles. The van der Waals surface area contributed by atoms with Gasteiger partial charge in [0.25, 0.3) is 5.91 Å². The number of para-hydroxylation sites is 1. The number of hydrogen-bond acceptors (Lipinski definition) is 3. The van der Waals surface area contributed by atoms with E-state index < -0.39 is 0 Å². The normalized spacial score (nSPS) is 13.2. The molecule has 0 spiro atoms. The molecule has 0 saturated heterocycles. The fraction of sp³-hybridized carbons (Fsp3) is 0.417. The van der Waals surface area contributed by atoms with Crippen LogP contribution in [-0.4, -0.2) is 32.1 Å². The van der Waals surface area contributed by atoms with E-state index in [1.54, 1.807) is 7.05 Å². The first kappa shape index (κ1) is 25.0. The maximum absolute atomic E-state index is 12.2. The molecule has 0 aromatic heterocycles. The van der Waals surface area contributed by atoms with Crippen molar-refractivity contribution in [3.05, 3.63) is 65.2 Å². The molecule has 1 fully saturated rings. The second-order valence-corrected chi connectivity index (χ2v) is 7.60. The Labute approximate surface area is 202 Å². The molecular formula is C24H33IN4O2. The number of guanidine groups is 1. The first-order valence-electron chi connectivity index (χ1n) is 10.7. The van der Waals surface area contributed by atoms with E-state index in [9.17, 15) is 4.79 Å². The van der Waals surface area contributed by atoms with Gasteiger partial charge >= 0.3 is 0 Å². The largest absolute Gasteiger partial charge is 0.493 e. The van der Waals surface area contributed by atoms with Gasteiger partial charge in [-0.25, -0.2) is 0 Å². The van der Waals surface area contributed by atoms with E-state index >= 15 is 0 Å². The molecule has 0 bridgehead atoms. The molecule has 31 heavy (non-hydrogen) atoms. The molecule has 168 valence electrons. The summed E-state index contributed by atoms with van der Waals surface area (Å²) in [5, 5.41) is 9.57. The summed E-state index contributed by atoms with van der Waals surface area (Å²) < 4.78 is 5.98. The summed E-state index contributed by atoms with van der Waals surface area (Å²) in [6.45, 7) is 4.72. The Kier molecular flexibility index (Phi) is 10.6. The topological polar surface area (TPSA) is 74.8 Å². The molecule has 0 atom stereocenters. The first-order valence-corrected chi connectivity index (χ1v) is 10.7. The minimum atomic E-state index is -0.0380. The SMILES string of the molecule is CCCNC(=O)c1cccc(CNC(=NC)NCc2ccccc2OCC2CC2)c1.I. The number of hydrogen-bond donors (Lipinski definition) is 3. The van der Waals surface area contributed by atoms with Crippen LogP contribution in [-0.2, 0) is 13.1 Å². The average Bonchev–Trinajstić information content (AvgIpc) is 3.61. The Morgan fingerprint density at radius 2 is 1.84 bits per heavy atom. The first-order chi connectivity index (χ1) is 14.7. The predicted molar refractivity (Wildman–Crippen MR) is 136 cm³/mol. The van der Waals surface area contributed by atoms with Crippen molar-refractivity contribution in [1.82, 2.24) is 16.0 Å². The zero-order valence-corrected chi connectivity index (χ0v) is 20.6. The van der Waals surface area contributed by atoms with E-state index in [1.165, 1.54) is 12.8 Å². The van der Waals surface area contributed by atoms with Gasteiger partial charge in [-0.2, -0.15) is 0 Å². The van der Waals surface area contributed by atoms with Crippen LogP contribution in [0.25, 0.3) is 0 Å². The summed E-state index contributed by atoms with van der Waals surface area (Å²) in [6, 6.07) is 15.8. The molecule has 3 rings (SSSR count). The molecule has 6 nitrogen and oxygen atoms in total.